The molecule has 0 heterocycles. The first-order valence-electron chi connectivity index (χ1n) is 5.63. The van der Waals surface area contributed by atoms with Crippen molar-refractivity contribution in [2.24, 2.45) is 0 Å². The van der Waals surface area contributed by atoms with E-state index >= 15 is 0 Å². The van der Waals surface area contributed by atoms with Crippen LogP contribution in [0.2, 0.25) is 0 Å². The van der Waals surface area contributed by atoms with Crippen LogP contribution >= 0.6 is 0 Å². The summed E-state index contributed by atoms with van der Waals surface area (Å²) < 4.78 is 4.74. The van der Waals surface area contributed by atoms with E-state index in [0.717, 1.165) is 0 Å². The van der Waals surface area contributed by atoms with Crippen molar-refractivity contribution in [3.8, 4) is 0 Å². The number of esters is 1. The Bertz CT molecular complexity index is 446. The van der Waals surface area contributed by atoms with Gasteiger partial charge in [-0.1, -0.05) is 0 Å². The van der Waals surface area contributed by atoms with Crippen LogP contribution < -0.4 is 16.8 Å². The quantitative estimate of drug-likeness (QED) is 0.522. The Morgan fingerprint density at radius 1 is 1.33 bits per heavy atom. The Labute approximate surface area is 105 Å². The first kappa shape index (κ1) is 13.8. The molecule has 5 N–H and O–H groups in total. The minimum atomic E-state index is -0.344. The van der Waals surface area contributed by atoms with Gasteiger partial charge in [0.25, 0.3) is 5.91 Å². The second kappa shape index (κ2) is 6.48. The molecule has 0 fully saturated rings. The monoisotopic (exact) mass is 251 g/mol. The molecule has 6 nitrogen and oxygen atoms in total. The summed E-state index contributed by atoms with van der Waals surface area (Å²) in [6.07, 6.45) is 0.133. The average Bonchev–Trinajstić information content (AvgIpc) is 2.29. The van der Waals surface area contributed by atoms with Gasteiger partial charge in [-0.2, -0.15) is 0 Å². The van der Waals surface area contributed by atoms with Crippen LogP contribution in [-0.4, -0.2) is 25.0 Å². The highest BCUT2D eigenvalue weighted by Crippen LogP contribution is 2.15. The van der Waals surface area contributed by atoms with Gasteiger partial charge in [-0.05, 0) is 25.1 Å². The SMILES string of the molecule is CCOC(=O)CCNC(=O)c1ccc(N)cc1N. The third-order valence-corrected chi connectivity index (χ3v) is 2.24. The number of hydrogen-bond donors (Lipinski definition) is 3. The van der Waals surface area contributed by atoms with Gasteiger partial charge in [-0.15, -0.1) is 0 Å². The average molecular weight is 251 g/mol. The van der Waals surface area contributed by atoms with Crippen LogP contribution in [0.3, 0.4) is 0 Å². The number of nitrogens with one attached hydrogen (secondary N) is 1. The van der Waals surface area contributed by atoms with Gasteiger partial charge in [-0.3, -0.25) is 9.59 Å². The Kier molecular flexibility index (Phi) is 4.98. The predicted molar refractivity (Wildman–Crippen MR) is 68.9 cm³/mol. The van der Waals surface area contributed by atoms with Crippen molar-refractivity contribution in [1.82, 2.24) is 5.32 Å². The van der Waals surface area contributed by atoms with Crippen LogP contribution in [0.15, 0.2) is 18.2 Å². The molecule has 18 heavy (non-hydrogen) atoms. The maximum absolute atomic E-state index is 11.7. The number of hydrogen-bond acceptors (Lipinski definition) is 5. The highest BCUT2D eigenvalue weighted by molar-refractivity contribution is 5.99. The van der Waals surface area contributed by atoms with E-state index in [-0.39, 0.29) is 24.8 Å². The number of carbonyl (C=O) groups excluding carboxylic acids is 2. The van der Waals surface area contributed by atoms with Crippen LogP contribution in [0.4, 0.5) is 11.4 Å². The number of anilines is 2. The summed E-state index contributed by atoms with van der Waals surface area (Å²) in [5, 5.41) is 2.59. The number of benzene rings is 1. The highest BCUT2D eigenvalue weighted by atomic mass is 16.5. The molecular formula is C12H17N3O3. The Morgan fingerprint density at radius 2 is 2.06 bits per heavy atom. The smallest absolute Gasteiger partial charge is 0.307 e. The molecular weight excluding hydrogens is 234 g/mol. The first-order chi connectivity index (χ1) is 8.54. The maximum Gasteiger partial charge on any atom is 0.307 e. The van der Waals surface area contributed by atoms with Gasteiger partial charge in [0.2, 0.25) is 0 Å². The molecule has 0 unspecified atom stereocenters. The standard InChI is InChI=1S/C12H17N3O3/c1-2-18-11(16)5-6-15-12(17)9-4-3-8(13)7-10(9)14/h3-4,7H,2,5-6,13-14H2,1H3,(H,15,17). The normalized spacial score (nSPS) is 9.83. The van der Waals surface area contributed by atoms with Gasteiger partial charge in [0.1, 0.15) is 0 Å². The van der Waals surface area contributed by atoms with Gasteiger partial charge < -0.3 is 21.5 Å². The molecule has 98 valence electrons. The zero-order chi connectivity index (χ0) is 13.5. The second-order valence-corrected chi connectivity index (χ2v) is 3.66. The molecule has 0 saturated heterocycles. The van der Waals surface area contributed by atoms with Crippen LogP contribution in [0.25, 0.3) is 0 Å². The fraction of sp³-hybridized carbons (Fsp3) is 0.333. The van der Waals surface area contributed by atoms with E-state index in [1.54, 1.807) is 19.1 Å². The molecule has 0 aromatic heterocycles. The minimum absolute atomic E-state index is 0.133. The van der Waals surface area contributed by atoms with Gasteiger partial charge >= 0.3 is 5.97 Å². The van der Waals surface area contributed by atoms with E-state index < -0.39 is 0 Å². The molecule has 1 aromatic rings. The van der Waals surface area contributed by atoms with E-state index in [9.17, 15) is 9.59 Å². The van der Waals surface area contributed by atoms with E-state index in [0.29, 0.717) is 23.5 Å². The largest absolute Gasteiger partial charge is 0.466 e. The molecule has 0 aliphatic carbocycles. The molecule has 0 saturated carbocycles. The molecule has 0 atom stereocenters. The summed E-state index contributed by atoms with van der Waals surface area (Å²) in [6.45, 7) is 2.27. The van der Waals surface area contributed by atoms with Gasteiger partial charge in [0.05, 0.1) is 18.6 Å². The van der Waals surface area contributed by atoms with Crippen molar-refractivity contribution >= 4 is 23.3 Å². The third kappa shape index (κ3) is 3.97. The lowest BCUT2D eigenvalue weighted by molar-refractivity contribution is -0.142. The molecule has 1 rings (SSSR count). The van der Waals surface area contributed by atoms with E-state index in [1.165, 1.54) is 6.07 Å². The lowest BCUT2D eigenvalue weighted by Crippen LogP contribution is -2.27. The van der Waals surface area contributed by atoms with Crippen LogP contribution in [0.1, 0.15) is 23.7 Å². The fourth-order valence-electron chi connectivity index (χ4n) is 1.39. The molecule has 0 aliphatic heterocycles. The number of carbonyl (C=O) groups is 2. The van der Waals surface area contributed by atoms with Crippen LogP contribution in [0.5, 0.6) is 0 Å². The molecule has 0 radical (unpaired) electrons. The number of amides is 1. The minimum Gasteiger partial charge on any atom is -0.466 e. The Morgan fingerprint density at radius 3 is 2.67 bits per heavy atom. The summed E-state index contributed by atoms with van der Waals surface area (Å²) in [5.74, 6) is -0.681. The molecule has 1 aromatic carbocycles. The van der Waals surface area contributed by atoms with Crippen molar-refractivity contribution in [1.29, 1.82) is 0 Å². The van der Waals surface area contributed by atoms with E-state index in [2.05, 4.69) is 5.32 Å². The second-order valence-electron chi connectivity index (χ2n) is 3.66. The number of nitrogen functional groups attached to an aromatic ring is 2. The fourth-order valence-corrected chi connectivity index (χ4v) is 1.39. The Hall–Kier alpha value is -2.24. The highest BCUT2D eigenvalue weighted by Gasteiger charge is 2.10. The van der Waals surface area contributed by atoms with Gasteiger partial charge in [0, 0.05) is 17.9 Å². The summed E-state index contributed by atoms with van der Waals surface area (Å²) in [4.78, 5) is 22.8. The van der Waals surface area contributed by atoms with Crippen LogP contribution in [0, 0.1) is 0 Å². The first-order valence-corrected chi connectivity index (χ1v) is 5.63. The zero-order valence-corrected chi connectivity index (χ0v) is 10.2. The number of ether oxygens (including phenoxy) is 1. The van der Waals surface area contributed by atoms with E-state index in [4.69, 9.17) is 16.2 Å². The van der Waals surface area contributed by atoms with Crippen LogP contribution in [-0.2, 0) is 9.53 Å². The van der Waals surface area contributed by atoms with Crippen molar-refractivity contribution in [3.05, 3.63) is 23.8 Å². The lowest BCUT2D eigenvalue weighted by atomic mass is 10.1. The number of nitrogens with two attached hydrogens (primary N) is 2. The summed E-state index contributed by atoms with van der Waals surface area (Å²) in [5.41, 5.74) is 12.3. The lowest BCUT2D eigenvalue weighted by Gasteiger charge is -2.07. The van der Waals surface area contributed by atoms with Crippen molar-refractivity contribution in [2.45, 2.75) is 13.3 Å². The van der Waals surface area contributed by atoms with Crippen molar-refractivity contribution in [3.63, 3.8) is 0 Å². The maximum atomic E-state index is 11.7. The predicted octanol–water partition coefficient (Wildman–Crippen LogP) is 0.534. The molecule has 0 aliphatic rings. The van der Waals surface area contributed by atoms with E-state index in [1.807, 2.05) is 0 Å². The van der Waals surface area contributed by atoms with Gasteiger partial charge in [0.15, 0.2) is 0 Å². The third-order valence-electron chi connectivity index (χ3n) is 2.24. The Balaban J connectivity index is 2.48. The number of rotatable bonds is 5. The topological polar surface area (TPSA) is 107 Å². The molecule has 1 amide bonds. The summed E-state index contributed by atoms with van der Waals surface area (Å²) in [6, 6.07) is 4.65. The van der Waals surface area contributed by atoms with Crippen molar-refractivity contribution < 1.29 is 14.3 Å². The summed E-state index contributed by atoms with van der Waals surface area (Å²) in [7, 11) is 0. The van der Waals surface area contributed by atoms with Crippen molar-refractivity contribution in [2.75, 3.05) is 24.6 Å². The zero-order valence-electron chi connectivity index (χ0n) is 10.2. The molecule has 0 bridgehead atoms. The molecule has 6 heteroatoms. The van der Waals surface area contributed by atoms with Gasteiger partial charge in [-0.25, -0.2) is 0 Å². The summed E-state index contributed by atoms with van der Waals surface area (Å²) >= 11 is 0. The molecule has 0 spiro atoms.